The third-order valence-corrected chi connectivity index (χ3v) is 6.52. The highest BCUT2D eigenvalue weighted by Gasteiger charge is 2.28. The summed E-state index contributed by atoms with van der Waals surface area (Å²) in [5, 5.41) is 8.86. The largest absolute Gasteiger partial charge is 0.477 e. The van der Waals surface area contributed by atoms with Gasteiger partial charge in [0.15, 0.2) is 23.3 Å². The first-order valence-electron chi connectivity index (χ1n) is 11.6. The van der Waals surface area contributed by atoms with Crippen molar-refractivity contribution in [2.24, 2.45) is 5.73 Å². The molecule has 0 bridgehead atoms. The number of aromatic carboxylic acids is 1. The Morgan fingerprint density at radius 3 is 1.45 bits per heavy atom. The summed E-state index contributed by atoms with van der Waals surface area (Å²) in [5.41, 5.74) is 3.57. The van der Waals surface area contributed by atoms with Gasteiger partial charge in [0.25, 0.3) is 5.91 Å². The molecule has 1 amide bonds. The van der Waals surface area contributed by atoms with Gasteiger partial charge in [-0.25, -0.2) is 22.4 Å². The Morgan fingerprint density at radius 2 is 1.08 bits per heavy atom. The number of amides is 1. The van der Waals surface area contributed by atoms with E-state index in [0.717, 1.165) is 49.9 Å². The van der Waals surface area contributed by atoms with E-state index in [9.17, 15) is 36.7 Å². The lowest BCUT2D eigenvalue weighted by atomic mass is 10.1. The second kappa shape index (κ2) is 9.12. The summed E-state index contributed by atoms with van der Waals surface area (Å²) in [6, 6.07) is 3.65. The first-order chi connectivity index (χ1) is 18.0. The summed E-state index contributed by atoms with van der Waals surface area (Å²) in [6.07, 6.45) is 5.94. The number of carboxylic acid groups (broad SMARTS) is 1. The van der Waals surface area contributed by atoms with Crippen LogP contribution in [0.15, 0.2) is 46.2 Å². The van der Waals surface area contributed by atoms with Crippen molar-refractivity contribution in [2.45, 2.75) is 37.8 Å². The quantitative estimate of drug-likeness (QED) is 0.387. The fourth-order valence-corrected chi connectivity index (χ4v) is 4.33. The van der Waals surface area contributed by atoms with Crippen LogP contribution in [0.1, 0.15) is 58.5 Å². The van der Waals surface area contributed by atoms with E-state index in [0.29, 0.717) is 0 Å². The van der Waals surface area contributed by atoms with Gasteiger partial charge in [-0.3, -0.25) is 14.4 Å². The van der Waals surface area contributed by atoms with Gasteiger partial charge in [0.05, 0.1) is 11.0 Å². The first-order valence-corrected chi connectivity index (χ1v) is 11.6. The van der Waals surface area contributed by atoms with Crippen molar-refractivity contribution in [3.63, 3.8) is 0 Å². The number of carbonyl (C=O) groups is 2. The molecule has 0 radical (unpaired) electrons. The van der Waals surface area contributed by atoms with E-state index in [2.05, 4.69) is 0 Å². The van der Waals surface area contributed by atoms with Gasteiger partial charge in [0, 0.05) is 47.4 Å². The molecule has 4 aromatic rings. The van der Waals surface area contributed by atoms with E-state index < -0.39 is 51.6 Å². The van der Waals surface area contributed by atoms with Gasteiger partial charge in [0.1, 0.15) is 11.1 Å². The number of benzene rings is 2. The topological polar surface area (TPSA) is 124 Å². The highest BCUT2D eigenvalue weighted by atomic mass is 19.2. The fraction of sp³-hybridized carbons (Fsp3) is 0.231. The molecule has 2 saturated carbocycles. The minimum Gasteiger partial charge on any atom is -0.477 e. The molecule has 196 valence electrons. The molecule has 0 saturated heterocycles. The second-order valence-electron chi connectivity index (χ2n) is 9.26. The Balaban J connectivity index is 0.000000155. The van der Waals surface area contributed by atoms with Crippen molar-refractivity contribution >= 4 is 33.7 Å². The molecule has 2 fully saturated rings. The SMILES string of the molecule is NC(=O)c1cn(C2CC2)c2cc(F)c(F)cc2c1=O.O=C(O)c1cn(C2CC2)c2cc(F)c(F)cc2c1=O. The number of nitrogens with two attached hydrogens (primary N) is 1. The maximum atomic E-state index is 13.3. The van der Waals surface area contributed by atoms with Crippen molar-refractivity contribution in [2.75, 3.05) is 0 Å². The molecule has 12 heteroatoms. The molecular weight excluding hydrogens is 510 g/mol. The van der Waals surface area contributed by atoms with Crippen LogP contribution in [-0.2, 0) is 0 Å². The predicted octanol–water partition coefficient (Wildman–Crippen LogP) is 4.03. The van der Waals surface area contributed by atoms with E-state index in [1.165, 1.54) is 12.4 Å². The molecular formula is C26H19F4N3O5. The first kappa shape index (κ1) is 25.2. The van der Waals surface area contributed by atoms with Gasteiger partial charge in [-0.05, 0) is 37.8 Å². The van der Waals surface area contributed by atoms with Gasteiger partial charge in [0.2, 0.25) is 10.9 Å². The Morgan fingerprint density at radius 1 is 0.711 bits per heavy atom. The minimum atomic E-state index is -1.37. The van der Waals surface area contributed by atoms with Crippen molar-refractivity contribution in [3.05, 3.63) is 91.5 Å². The zero-order valence-corrected chi connectivity index (χ0v) is 19.5. The number of carboxylic acids is 1. The van der Waals surface area contributed by atoms with Crippen molar-refractivity contribution in [1.82, 2.24) is 9.13 Å². The van der Waals surface area contributed by atoms with Gasteiger partial charge in [-0.15, -0.1) is 0 Å². The fourth-order valence-electron chi connectivity index (χ4n) is 4.33. The highest BCUT2D eigenvalue weighted by Crippen LogP contribution is 2.38. The van der Waals surface area contributed by atoms with E-state index in [4.69, 9.17) is 10.8 Å². The Labute approximate surface area is 210 Å². The molecule has 0 unspecified atom stereocenters. The van der Waals surface area contributed by atoms with Crippen molar-refractivity contribution in [1.29, 1.82) is 0 Å². The summed E-state index contributed by atoms with van der Waals surface area (Å²) in [4.78, 5) is 46.3. The minimum absolute atomic E-state index is 0.0258. The zero-order chi connectivity index (χ0) is 27.5. The van der Waals surface area contributed by atoms with E-state index >= 15 is 0 Å². The van der Waals surface area contributed by atoms with Gasteiger partial charge in [-0.2, -0.15) is 0 Å². The molecule has 0 spiro atoms. The monoisotopic (exact) mass is 529 g/mol. The normalized spacial score (nSPS) is 14.8. The van der Waals surface area contributed by atoms with Crippen LogP contribution in [0, 0.1) is 23.3 Å². The van der Waals surface area contributed by atoms with Crippen LogP contribution < -0.4 is 16.6 Å². The predicted molar refractivity (Wildman–Crippen MR) is 128 cm³/mol. The van der Waals surface area contributed by atoms with Gasteiger partial charge in [-0.1, -0.05) is 0 Å². The van der Waals surface area contributed by atoms with Crippen LogP contribution in [0.5, 0.6) is 0 Å². The number of pyridine rings is 2. The van der Waals surface area contributed by atoms with Crippen LogP contribution in [0.2, 0.25) is 0 Å². The lowest BCUT2D eigenvalue weighted by Crippen LogP contribution is -2.24. The molecule has 0 aliphatic heterocycles. The molecule has 2 aromatic carbocycles. The molecule has 8 nitrogen and oxygen atoms in total. The number of rotatable bonds is 4. The number of halogens is 4. The standard InChI is InChI=1S/C13H10F2N2O2.C13H9F2NO3/c14-9-3-7-11(4-10(9)15)17(6-1-2-6)5-8(12(7)18)13(16)19;14-9-3-7-11(4-10(9)15)16(6-1-2-6)5-8(12(7)17)13(18)19/h3-6H,1-2H2,(H2,16,19);3-6H,1-2H2,(H,18,19). The number of primary amides is 1. The summed E-state index contributed by atoms with van der Waals surface area (Å²) in [6.45, 7) is 0. The molecule has 6 rings (SSSR count). The summed E-state index contributed by atoms with van der Waals surface area (Å²) < 4.78 is 56.3. The van der Waals surface area contributed by atoms with E-state index in [1.54, 1.807) is 9.13 Å². The van der Waals surface area contributed by atoms with E-state index in [-0.39, 0.29) is 39.5 Å². The molecule has 38 heavy (non-hydrogen) atoms. The summed E-state index contributed by atoms with van der Waals surface area (Å²) in [5.74, 6) is -6.59. The lowest BCUT2D eigenvalue weighted by molar-refractivity contribution is 0.0694. The molecule has 2 aliphatic carbocycles. The molecule has 2 heterocycles. The maximum absolute atomic E-state index is 13.3. The number of hydrogen-bond acceptors (Lipinski definition) is 4. The number of hydrogen-bond donors (Lipinski definition) is 2. The van der Waals surface area contributed by atoms with Crippen LogP contribution in [-0.4, -0.2) is 26.1 Å². The van der Waals surface area contributed by atoms with Crippen LogP contribution in [0.25, 0.3) is 21.8 Å². The second-order valence-corrected chi connectivity index (χ2v) is 9.26. The zero-order valence-electron chi connectivity index (χ0n) is 19.5. The molecule has 3 N–H and O–H groups in total. The lowest BCUT2D eigenvalue weighted by Gasteiger charge is -2.11. The van der Waals surface area contributed by atoms with Gasteiger partial charge >= 0.3 is 5.97 Å². The van der Waals surface area contributed by atoms with Crippen LogP contribution >= 0.6 is 0 Å². The Kier molecular flexibility index (Phi) is 6.04. The maximum Gasteiger partial charge on any atom is 0.341 e. The summed E-state index contributed by atoms with van der Waals surface area (Å²) >= 11 is 0. The van der Waals surface area contributed by atoms with Crippen LogP contribution in [0.4, 0.5) is 17.6 Å². The third-order valence-electron chi connectivity index (χ3n) is 6.52. The molecule has 0 atom stereocenters. The molecule has 2 aromatic heterocycles. The average Bonchev–Trinajstić information content (AvgIpc) is 3.76. The Bertz CT molecular complexity index is 1660. The smallest absolute Gasteiger partial charge is 0.341 e. The van der Waals surface area contributed by atoms with E-state index in [1.807, 2.05) is 0 Å². The number of carbonyl (C=O) groups excluding carboxylic acids is 1. The number of nitrogens with zero attached hydrogens (tertiary/aromatic N) is 2. The average molecular weight is 529 g/mol. The molecule has 2 aliphatic rings. The van der Waals surface area contributed by atoms with Crippen LogP contribution in [0.3, 0.4) is 0 Å². The number of aromatic nitrogens is 2. The highest BCUT2D eigenvalue weighted by molar-refractivity contribution is 5.96. The van der Waals surface area contributed by atoms with Gasteiger partial charge < -0.3 is 20.0 Å². The number of fused-ring (bicyclic) bond motifs is 2. The van der Waals surface area contributed by atoms with Crippen molar-refractivity contribution in [3.8, 4) is 0 Å². The third kappa shape index (κ3) is 4.42. The van der Waals surface area contributed by atoms with Crippen molar-refractivity contribution < 1.29 is 32.3 Å². The summed E-state index contributed by atoms with van der Waals surface area (Å²) in [7, 11) is 0. The Hall–Kier alpha value is -4.48.